The zero-order valence-electron chi connectivity index (χ0n) is 12.9. The Hall–Kier alpha value is -2.49. The summed E-state index contributed by atoms with van der Waals surface area (Å²) >= 11 is 0. The van der Waals surface area contributed by atoms with Gasteiger partial charge in [0.25, 0.3) is 0 Å². The van der Waals surface area contributed by atoms with Crippen LogP contribution in [0, 0.1) is 5.82 Å². The van der Waals surface area contributed by atoms with E-state index < -0.39 is 35.2 Å². The van der Waals surface area contributed by atoms with Crippen LogP contribution >= 0.6 is 0 Å². The van der Waals surface area contributed by atoms with E-state index in [-0.39, 0.29) is 24.5 Å². The molecule has 26 heavy (non-hydrogen) atoms. The van der Waals surface area contributed by atoms with Crippen LogP contribution in [-0.4, -0.2) is 19.5 Å². The molecular formula is C16H12F7NO2. The predicted molar refractivity (Wildman–Crippen MR) is 78.1 cm³/mol. The van der Waals surface area contributed by atoms with Gasteiger partial charge < -0.3 is 15.2 Å². The molecule has 0 saturated carbocycles. The summed E-state index contributed by atoms with van der Waals surface area (Å²) in [5, 5.41) is 0. The SMILES string of the molecule is NCCOc1ccc(-c2cccc(C(F)(F)F)c2F)cc1OC(F)(F)F. The summed E-state index contributed by atoms with van der Waals surface area (Å²) in [6, 6.07) is 5.39. The number of ether oxygens (including phenoxy) is 2. The molecule has 0 aliphatic heterocycles. The Kier molecular flexibility index (Phi) is 5.65. The Morgan fingerprint density at radius 2 is 1.62 bits per heavy atom. The molecular weight excluding hydrogens is 371 g/mol. The minimum absolute atomic E-state index is 0.00939. The molecule has 0 amide bonds. The number of hydrogen-bond donors (Lipinski definition) is 1. The molecule has 2 rings (SSSR count). The minimum Gasteiger partial charge on any atom is -0.488 e. The van der Waals surface area contributed by atoms with Crippen LogP contribution < -0.4 is 15.2 Å². The van der Waals surface area contributed by atoms with E-state index in [4.69, 9.17) is 10.5 Å². The number of rotatable bonds is 5. The lowest BCUT2D eigenvalue weighted by atomic mass is 10.0. The topological polar surface area (TPSA) is 44.5 Å². The van der Waals surface area contributed by atoms with Gasteiger partial charge in [-0.2, -0.15) is 13.2 Å². The fraction of sp³-hybridized carbons (Fsp3) is 0.250. The first-order chi connectivity index (χ1) is 12.0. The first kappa shape index (κ1) is 19.8. The zero-order chi connectivity index (χ0) is 19.5. The van der Waals surface area contributed by atoms with Gasteiger partial charge in [0.1, 0.15) is 12.4 Å². The second kappa shape index (κ2) is 7.40. The highest BCUT2D eigenvalue weighted by molar-refractivity contribution is 5.68. The van der Waals surface area contributed by atoms with Crippen molar-refractivity contribution in [2.45, 2.75) is 12.5 Å². The number of nitrogens with two attached hydrogens (primary N) is 1. The smallest absolute Gasteiger partial charge is 0.488 e. The van der Waals surface area contributed by atoms with E-state index in [1.54, 1.807) is 0 Å². The normalized spacial score (nSPS) is 12.2. The molecule has 0 atom stereocenters. The van der Waals surface area contributed by atoms with Crippen LogP contribution in [0.4, 0.5) is 30.7 Å². The first-order valence-corrected chi connectivity index (χ1v) is 7.11. The molecule has 0 spiro atoms. The maximum Gasteiger partial charge on any atom is 0.573 e. The predicted octanol–water partition coefficient (Wildman–Crippen LogP) is 4.75. The molecule has 0 bridgehead atoms. The summed E-state index contributed by atoms with van der Waals surface area (Å²) in [5.41, 5.74) is 2.90. The van der Waals surface area contributed by atoms with Gasteiger partial charge in [0.15, 0.2) is 11.5 Å². The Morgan fingerprint density at radius 1 is 0.923 bits per heavy atom. The molecule has 0 fully saturated rings. The van der Waals surface area contributed by atoms with E-state index >= 15 is 0 Å². The molecule has 0 heterocycles. The van der Waals surface area contributed by atoms with Gasteiger partial charge in [-0.3, -0.25) is 0 Å². The third-order valence-corrected chi connectivity index (χ3v) is 3.16. The van der Waals surface area contributed by atoms with Crippen molar-refractivity contribution in [1.29, 1.82) is 0 Å². The second-order valence-corrected chi connectivity index (χ2v) is 5.01. The van der Waals surface area contributed by atoms with Gasteiger partial charge in [0.05, 0.1) is 5.56 Å². The molecule has 2 aromatic carbocycles. The summed E-state index contributed by atoms with van der Waals surface area (Å²) in [6.45, 7) is -0.110. The van der Waals surface area contributed by atoms with Crippen molar-refractivity contribution in [3.05, 3.63) is 47.8 Å². The number of halogens is 7. The van der Waals surface area contributed by atoms with Crippen LogP contribution in [0.2, 0.25) is 0 Å². The van der Waals surface area contributed by atoms with Crippen LogP contribution in [0.25, 0.3) is 11.1 Å². The maximum absolute atomic E-state index is 14.2. The summed E-state index contributed by atoms with van der Waals surface area (Å²) in [4.78, 5) is 0. The number of alkyl halides is 6. The Balaban J connectivity index is 2.52. The van der Waals surface area contributed by atoms with E-state index in [2.05, 4.69) is 4.74 Å². The van der Waals surface area contributed by atoms with Crippen LogP contribution in [0.15, 0.2) is 36.4 Å². The van der Waals surface area contributed by atoms with E-state index in [1.807, 2.05) is 0 Å². The van der Waals surface area contributed by atoms with Gasteiger partial charge in [-0.05, 0) is 23.8 Å². The summed E-state index contributed by atoms with van der Waals surface area (Å²) in [6.07, 6.45) is -10.0. The Labute approximate surface area is 143 Å². The largest absolute Gasteiger partial charge is 0.573 e. The van der Waals surface area contributed by atoms with Crippen molar-refractivity contribution >= 4 is 0 Å². The standard InChI is InChI=1S/C16H12F7NO2/c17-14-10(2-1-3-11(14)15(18,19)20)9-4-5-12(25-7-6-24)13(8-9)26-16(21,22)23/h1-5,8H,6-7,24H2. The highest BCUT2D eigenvalue weighted by Gasteiger charge is 2.35. The van der Waals surface area contributed by atoms with Crippen molar-refractivity contribution in [2.75, 3.05) is 13.2 Å². The quantitative estimate of drug-likeness (QED) is 0.758. The molecule has 0 radical (unpaired) electrons. The average Bonchev–Trinajstić information content (AvgIpc) is 2.51. The van der Waals surface area contributed by atoms with Gasteiger partial charge in [0, 0.05) is 12.1 Å². The van der Waals surface area contributed by atoms with Crippen molar-refractivity contribution in [3.63, 3.8) is 0 Å². The van der Waals surface area contributed by atoms with Crippen molar-refractivity contribution in [1.82, 2.24) is 0 Å². The number of benzene rings is 2. The highest BCUT2D eigenvalue weighted by atomic mass is 19.4. The Bertz CT molecular complexity index is 772. The molecule has 0 aliphatic rings. The van der Waals surface area contributed by atoms with Gasteiger partial charge in [-0.15, -0.1) is 13.2 Å². The van der Waals surface area contributed by atoms with E-state index in [0.717, 1.165) is 30.3 Å². The third-order valence-electron chi connectivity index (χ3n) is 3.16. The highest BCUT2D eigenvalue weighted by Crippen LogP contribution is 2.39. The molecule has 2 aromatic rings. The summed E-state index contributed by atoms with van der Waals surface area (Å²) in [7, 11) is 0. The van der Waals surface area contributed by atoms with Crippen molar-refractivity contribution in [2.24, 2.45) is 5.73 Å². The molecule has 0 unspecified atom stereocenters. The third kappa shape index (κ3) is 4.78. The molecule has 0 aliphatic carbocycles. The van der Waals surface area contributed by atoms with Gasteiger partial charge in [-0.25, -0.2) is 4.39 Å². The fourth-order valence-electron chi connectivity index (χ4n) is 2.14. The molecule has 3 nitrogen and oxygen atoms in total. The van der Waals surface area contributed by atoms with Gasteiger partial charge in [0.2, 0.25) is 0 Å². The summed E-state index contributed by atoms with van der Waals surface area (Å²) < 4.78 is 99.1. The molecule has 0 aromatic heterocycles. The first-order valence-electron chi connectivity index (χ1n) is 7.11. The van der Waals surface area contributed by atoms with Gasteiger partial charge in [-0.1, -0.05) is 18.2 Å². The Morgan fingerprint density at radius 3 is 2.19 bits per heavy atom. The van der Waals surface area contributed by atoms with E-state index in [0.29, 0.717) is 6.07 Å². The number of hydrogen-bond acceptors (Lipinski definition) is 3. The monoisotopic (exact) mass is 383 g/mol. The van der Waals surface area contributed by atoms with Crippen LogP contribution in [0.1, 0.15) is 5.56 Å². The fourth-order valence-corrected chi connectivity index (χ4v) is 2.14. The summed E-state index contributed by atoms with van der Waals surface area (Å²) in [5.74, 6) is -2.75. The average molecular weight is 383 g/mol. The molecule has 2 N–H and O–H groups in total. The maximum atomic E-state index is 14.2. The van der Waals surface area contributed by atoms with E-state index in [9.17, 15) is 30.7 Å². The lowest BCUT2D eigenvalue weighted by Crippen LogP contribution is -2.18. The molecule has 142 valence electrons. The van der Waals surface area contributed by atoms with Crippen LogP contribution in [0.3, 0.4) is 0 Å². The van der Waals surface area contributed by atoms with Crippen LogP contribution in [0.5, 0.6) is 11.5 Å². The second-order valence-electron chi connectivity index (χ2n) is 5.01. The van der Waals surface area contributed by atoms with Crippen molar-refractivity contribution < 1.29 is 40.2 Å². The van der Waals surface area contributed by atoms with Crippen LogP contribution in [-0.2, 0) is 6.18 Å². The lowest BCUT2D eigenvalue weighted by Gasteiger charge is -2.16. The van der Waals surface area contributed by atoms with E-state index in [1.165, 1.54) is 0 Å². The zero-order valence-corrected chi connectivity index (χ0v) is 12.9. The lowest BCUT2D eigenvalue weighted by molar-refractivity contribution is -0.275. The molecule has 10 heteroatoms. The van der Waals surface area contributed by atoms with Crippen molar-refractivity contribution in [3.8, 4) is 22.6 Å². The van der Waals surface area contributed by atoms with Gasteiger partial charge >= 0.3 is 12.5 Å². The minimum atomic E-state index is -5.08. The molecule has 0 saturated heterocycles.